The SMILES string of the molecule is CCCC1CCCC2C1[C@H](O)[C@H](CC)C1C[C@H](O)CC[C@]21C. The fourth-order valence-corrected chi connectivity index (χ4v) is 6.82. The minimum atomic E-state index is -0.133. The summed E-state index contributed by atoms with van der Waals surface area (Å²) in [4.78, 5) is 0. The summed E-state index contributed by atoms with van der Waals surface area (Å²) in [6, 6.07) is 0. The fraction of sp³-hybridized carbons (Fsp3) is 1.00. The van der Waals surface area contributed by atoms with Gasteiger partial charge in [0.2, 0.25) is 0 Å². The van der Waals surface area contributed by atoms with Crippen LogP contribution in [0, 0.1) is 35.0 Å². The maximum Gasteiger partial charge on any atom is 0.0604 e. The molecule has 2 heteroatoms. The Balaban J connectivity index is 1.94. The first-order valence-electron chi connectivity index (χ1n) is 9.89. The van der Waals surface area contributed by atoms with Crippen molar-refractivity contribution in [2.45, 2.75) is 90.8 Å². The Hall–Kier alpha value is -0.0800. The largest absolute Gasteiger partial charge is 0.393 e. The van der Waals surface area contributed by atoms with Gasteiger partial charge in [0.1, 0.15) is 0 Å². The predicted octanol–water partition coefficient (Wildman–Crippen LogP) is 4.39. The number of aliphatic hydroxyl groups is 2. The highest BCUT2D eigenvalue weighted by Crippen LogP contribution is 2.62. The van der Waals surface area contributed by atoms with Gasteiger partial charge in [-0.1, -0.05) is 52.9 Å². The van der Waals surface area contributed by atoms with Gasteiger partial charge in [0.25, 0.3) is 0 Å². The Labute approximate surface area is 136 Å². The molecule has 22 heavy (non-hydrogen) atoms. The predicted molar refractivity (Wildman–Crippen MR) is 90.5 cm³/mol. The van der Waals surface area contributed by atoms with Crippen molar-refractivity contribution in [1.29, 1.82) is 0 Å². The smallest absolute Gasteiger partial charge is 0.0604 e. The van der Waals surface area contributed by atoms with Crippen molar-refractivity contribution in [2.75, 3.05) is 0 Å². The van der Waals surface area contributed by atoms with E-state index in [1.807, 2.05) is 0 Å². The molecule has 3 rings (SSSR count). The van der Waals surface area contributed by atoms with Crippen molar-refractivity contribution in [1.82, 2.24) is 0 Å². The Bertz CT molecular complexity index is 380. The summed E-state index contributed by atoms with van der Waals surface area (Å²) in [6.07, 6.45) is 10.4. The zero-order valence-electron chi connectivity index (χ0n) is 14.8. The number of fused-ring (bicyclic) bond motifs is 3. The van der Waals surface area contributed by atoms with Gasteiger partial charge in [-0.15, -0.1) is 0 Å². The van der Waals surface area contributed by atoms with Gasteiger partial charge in [-0.2, -0.15) is 0 Å². The first kappa shape index (κ1) is 16.8. The van der Waals surface area contributed by atoms with Gasteiger partial charge >= 0.3 is 0 Å². The van der Waals surface area contributed by atoms with Crippen molar-refractivity contribution in [3.8, 4) is 0 Å². The van der Waals surface area contributed by atoms with Crippen LogP contribution in [-0.4, -0.2) is 22.4 Å². The molecule has 0 aromatic carbocycles. The molecule has 0 aromatic rings. The third-order valence-corrected chi connectivity index (χ3v) is 7.82. The van der Waals surface area contributed by atoms with Crippen LogP contribution < -0.4 is 0 Å². The molecular weight excluding hydrogens is 272 g/mol. The van der Waals surface area contributed by atoms with Gasteiger partial charge in [0.05, 0.1) is 12.2 Å². The third-order valence-electron chi connectivity index (χ3n) is 7.82. The van der Waals surface area contributed by atoms with E-state index in [4.69, 9.17) is 0 Å². The van der Waals surface area contributed by atoms with Crippen molar-refractivity contribution in [3.05, 3.63) is 0 Å². The lowest BCUT2D eigenvalue weighted by atomic mass is 9.44. The Morgan fingerprint density at radius 1 is 1.05 bits per heavy atom. The highest BCUT2D eigenvalue weighted by Gasteiger charge is 2.58. The molecule has 0 amide bonds. The van der Waals surface area contributed by atoms with Gasteiger partial charge in [-0.25, -0.2) is 0 Å². The number of aliphatic hydroxyl groups excluding tert-OH is 2. The quantitative estimate of drug-likeness (QED) is 0.812. The van der Waals surface area contributed by atoms with Crippen molar-refractivity contribution in [2.24, 2.45) is 35.0 Å². The van der Waals surface area contributed by atoms with Crippen LogP contribution >= 0.6 is 0 Å². The van der Waals surface area contributed by atoms with Gasteiger partial charge in [0.15, 0.2) is 0 Å². The molecule has 0 bridgehead atoms. The van der Waals surface area contributed by atoms with Crippen LogP contribution in [0.25, 0.3) is 0 Å². The van der Waals surface area contributed by atoms with Crippen molar-refractivity contribution < 1.29 is 10.2 Å². The molecular formula is C20H36O2. The zero-order chi connectivity index (χ0) is 15.9. The lowest BCUT2D eigenvalue weighted by Crippen LogP contribution is -2.59. The molecule has 2 N–H and O–H groups in total. The summed E-state index contributed by atoms with van der Waals surface area (Å²) in [6.45, 7) is 7.04. The molecule has 4 unspecified atom stereocenters. The number of hydrogen-bond donors (Lipinski definition) is 2. The maximum absolute atomic E-state index is 11.2. The van der Waals surface area contributed by atoms with Crippen LogP contribution in [0.5, 0.6) is 0 Å². The van der Waals surface area contributed by atoms with Crippen LogP contribution in [-0.2, 0) is 0 Å². The minimum absolute atomic E-state index is 0.129. The van der Waals surface area contributed by atoms with Crippen molar-refractivity contribution >= 4 is 0 Å². The zero-order valence-corrected chi connectivity index (χ0v) is 14.8. The molecule has 3 fully saturated rings. The lowest BCUT2D eigenvalue weighted by molar-refractivity contribution is -0.184. The van der Waals surface area contributed by atoms with Gasteiger partial charge in [0, 0.05) is 0 Å². The van der Waals surface area contributed by atoms with E-state index in [-0.39, 0.29) is 12.2 Å². The van der Waals surface area contributed by atoms with E-state index < -0.39 is 0 Å². The standard InChI is InChI=1S/C20H36O2/c1-4-7-13-8-6-9-16-18(13)19(22)15(5-2)17-12-14(21)10-11-20(16,17)3/h13-19,21-22H,4-12H2,1-3H3/t13?,14-,15-,16?,17?,18?,19-,20-/m1/s1. The lowest BCUT2D eigenvalue weighted by Gasteiger charge is -2.62. The second-order valence-corrected chi connectivity index (χ2v) is 8.77. The van der Waals surface area contributed by atoms with E-state index in [0.717, 1.165) is 25.2 Å². The van der Waals surface area contributed by atoms with E-state index in [1.54, 1.807) is 0 Å². The minimum Gasteiger partial charge on any atom is -0.393 e. The van der Waals surface area contributed by atoms with Crippen LogP contribution in [0.2, 0.25) is 0 Å². The molecule has 3 aliphatic carbocycles. The van der Waals surface area contributed by atoms with Crippen LogP contribution in [0.3, 0.4) is 0 Å². The third kappa shape index (κ3) is 2.55. The summed E-state index contributed by atoms with van der Waals surface area (Å²) in [5.41, 5.74) is 0.357. The molecule has 0 saturated heterocycles. The Kier molecular flexibility index (Phi) is 4.90. The second-order valence-electron chi connectivity index (χ2n) is 8.77. The van der Waals surface area contributed by atoms with Gasteiger partial charge < -0.3 is 10.2 Å². The molecule has 0 aliphatic heterocycles. The molecule has 0 spiro atoms. The molecule has 3 saturated carbocycles. The summed E-state index contributed by atoms with van der Waals surface area (Å²) in [5.74, 6) is 2.87. The fourth-order valence-electron chi connectivity index (χ4n) is 6.82. The van der Waals surface area contributed by atoms with E-state index in [2.05, 4.69) is 20.8 Å². The molecule has 8 atom stereocenters. The van der Waals surface area contributed by atoms with Crippen LogP contribution in [0.15, 0.2) is 0 Å². The molecule has 0 heterocycles. The van der Waals surface area contributed by atoms with E-state index in [9.17, 15) is 10.2 Å². The number of hydrogen-bond acceptors (Lipinski definition) is 2. The average Bonchev–Trinajstić information content (AvgIpc) is 2.51. The summed E-state index contributed by atoms with van der Waals surface area (Å²) in [7, 11) is 0. The number of rotatable bonds is 3. The first-order valence-corrected chi connectivity index (χ1v) is 9.89. The van der Waals surface area contributed by atoms with Gasteiger partial charge in [-0.3, -0.25) is 0 Å². The van der Waals surface area contributed by atoms with Gasteiger partial charge in [-0.05, 0) is 60.7 Å². The normalized spacial score (nSPS) is 52.0. The highest BCUT2D eigenvalue weighted by atomic mass is 16.3. The molecule has 0 aromatic heterocycles. The average molecular weight is 309 g/mol. The molecule has 2 nitrogen and oxygen atoms in total. The summed E-state index contributed by atoms with van der Waals surface area (Å²) < 4.78 is 0. The molecule has 0 radical (unpaired) electrons. The summed E-state index contributed by atoms with van der Waals surface area (Å²) in [5, 5.41) is 21.4. The first-order chi connectivity index (χ1) is 10.5. The Morgan fingerprint density at radius 3 is 2.50 bits per heavy atom. The topological polar surface area (TPSA) is 40.5 Å². The molecule has 128 valence electrons. The Morgan fingerprint density at radius 2 is 1.82 bits per heavy atom. The van der Waals surface area contributed by atoms with Crippen LogP contribution in [0.1, 0.15) is 78.6 Å². The van der Waals surface area contributed by atoms with E-state index in [0.29, 0.717) is 29.1 Å². The van der Waals surface area contributed by atoms with E-state index >= 15 is 0 Å². The van der Waals surface area contributed by atoms with E-state index in [1.165, 1.54) is 38.5 Å². The summed E-state index contributed by atoms with van der Waals surface area (Å²) >= 11 is 0. The maximum atomic E-state index is 11.2. The second kappa shape index (κ2) is 6.43. The highest BCUT2D eigenvalue weighted by molar-refractivity contribution is 5.07. The monoisotopic (exact) mass is 308 g/mol. The van der Waals surface area contributed by atoms with Crippen molar-refractivity contribution in [3.63, 3.8) is 0 Å². The van der Waals surface area contributed by atoms with Crippen LogP contribution in [0.4, 0.5) is 0 Å². The molecule has 3 aliphatic rings.